The zero-order valence-corrected chi connectivity index (χ0v) is 13.8. The first-order valence-electron chi connectivity index (χ1n) is 6.46. The van der Waals surface area contributed by atoms with Crippen LogP contribution in [0.1, 0.15) is 25.7 Å². The molecule has 1 aromatic heterocycles. The number of aromatic nitrogens is 2. The van der Waals surface area contributed by atoms with Crippen molar-refractivity contribution in [3.8, 4) is 11.5 Å². The molecule has 1 heterocycles. The van der Waals surface area contributed by atoms with Crippen molar-refractivity contribution >= 4 is 29.1 Å². The number of carbonyl (C=O) groups excluding carboxylic acids is 2. The lowest BCUT2D eigenvalue weighted by Crippen LogP contribution is -2.15. The number of esters is 1. The van der Waals surface area contributed by atoms with Crippen molar-refractivity contribution in [1.29, 1.82) is 0 Å². The molecule has 122 valence electrons. The molecule has 2 rings (SSSR count). The molecule has 0 aliphatic rings. The Bertz CT molecular complexity index is 744. The highest BCUT2D eigenvalue weighted by Gasteiger charge is 2.21. The summed E-state index contributed by atoms with van der Waals surface area (Å²) in [5.74, 6) is -0.314. The summed E-state index contributed by atoms with van der Waals surface area (Å²) in [6, 6.07) is 2.94. The molecule has 0 spiro atoms. The van der Waals surface area contributed by atoms with Crippen molar-refractivity contribution in [1.82, 2.24) is 9.59 Å². The molecular formula is C14H15N3O5S. The highest BCUT2D eigenvalue weighted by Crippen LogP contribution is 2.34. The third-order valence-corrected chi connectivity index (χ3v) is 3.86. The molecule has 23 heavy (non-hydrogen) atoms. The number of nitrogens with one attached hydrogen (secondary N) is 1. The molecule has 8 nitrogen and oxygen atoms in total. The Labute approximate surface area is 136 Å². The Kier molecular flexibility index (Phi) is 5.12. The van der Waals surface area contributed by atoms with Gasteiger partial charge >= 0.3 is 5.97 Å². The van der Waals surface area contributed by atoms with Crippen LogP contribution in [-0.2, 0) is 4.74 Å². The molecule has 0 saturated carbocycles. The van der Waals surface area contributed by atoms with Crippen LogP contribution >= 0.6 is 11.5 Å². The second-order valence-electron chi connectivity index (χ2n) is 4.39. The first-order chi connectivity index (χ1) is 11.0. The highest BCUT2D eigenvalue weighted by molar-refractivity contribution is 7.08. The average Bonchev–Trinajstić information content (AvgIpc) is 2.99. The fourth-order valence-electron chi connectivity index (χ4n) is 1.88. The maximum atomic E-state index is 12.3. The number of benzene rings is 1. The predicted molar refractivity (Wildman–Crippen MR) is 83.5 cm³/mol. The average molecular weight is 337 g/mol. The molecule has 0 unspecified atom stereocenters. The summed E-state index contributed by atoms with van der Waals surface area (Å²) >= 11 is 0.969. The number of amides is 1. The second-order valence-corrected chi connectivity index (χ2v) is 5.14. The van der Waals surface area contributed by atoms with Crippen LogP contribution in [-0.4, -0.2) is 42.8 Å². The number of aryl methyl sites for hydroxylation is 1. The summed E-state index contributed by atoms with van der Waals surface area (Å²) in [5.41, 5.74) is 0.897. The number of hydrogen-bond donors (Lipinski definition) is 1. The summed E-state index contributed by atoms with van der Waals surface area (Å²) in [6.07, 6.45) is 0. The SMILES string of the molecule is COC(=O)c1cc(OC)c(OC)cc1NC(=O)c1snnc1C. The lowest BCUT2D eigenvalue weighted by atomic mass is 10.1. The normalized spacial score (nSPS) is 10.1. The van der Waals surface area contributed by atoms with Crippen molar-refractivity contribution in [3.63, 3.8) is 0 Å². The Hall–Kier alpha value is -2.68. The molecule has 0 aliphatic heterocycles. The van der Waals surface area contributed by atoms with Crippen LogP contribution in [0.5, 0.6) is 11.5 Å². The van der Waals surface area contributed by atoms with E-state index in [4.69, 9.17) is 14.2 Å². The van der Waals surface area contributed by atoms with Crippen molar-refractivity contribution in [2.75, 3.05) is 26.6 Å². The van der Waals surface area contributed by atoms with E-state index in [2.05, 4.69) is 14.9 Å². The predicted octanol–water partition coefficient (Wildman–Crippen LogP) is 1.90. The lowest BCUT2D eigenvalue weighted by Gasteiger charge is -2.14. The third kappa shape index (κ3) is 3.39. The van der Waals surface area contributed by atoms with Crippen LogP contribution in [0, 0.1) is 6.92 Å². The first-order valence-corrected chi connectivity index (χ1v) is 7.23. The van der Waals surface area contributed by atoms with Crippen LogP contribution in [0.15, 0.2) is 12.1 Å². The van der Waals surface area contributed by atoms with E-state index in [1.165, 1.54) is 33.5 Å². The van der Waals surface area contributed by atoms with Gasteiger partial charge in [-0.3, -0.25) is 4.79 Å². The molecule has 1 N–H and O–H groups in total. The zero-order valence-electron chi connectivity index (χ0n) is 13.0. The van der Waals surface area contributed by atoms with Crippen molar-refractivity contribution in [2.45, 2.75) is 6.92 Å². The van der Waals surface area contributed by atoms with Crippen LogP contribution in [0.4, 0.5) is 5.69 Å². The van der Waals surface area contributed by atoms with Gasteiger partial charge in [-0.1, -0.05) is 4.49 Å². The van der Waals surface area contributed by atoms with E-state index in [9.17, 15) is 9.59 Å². The number of ether oxygens (including phenoxy) is 3. The summed E-state index contributed by atoms with van der Waals surface area (Å²) < 4.78 is 18.8. The molecule has 1 aromatic carbocycles. The quantitative estimate of drug-likeness (QED) is 0.832. The molecule has 0 aliphatic carbocycles. The van der Waals surface area contributed by atoms with E-state index in [-0.39, 0.29) is 11.3 Å². The van der Waals surface area contributed by atoms with E-state index in [0.29, 0.717) is 22.1 Å². The van der Waals surface area contributed by atoms with Crippen LogP contribution in [0.2, 0.25) is 0 Å². The standard InChI is InChI=1S/C14H15N3O5S/c1-7-12(23-17-16-7)13(18)15-9-6-11(21-3)10(20-2)5-8(9)14(19)22-4/h5-6H,1-4H3,(H,15,18). The Morgan fingerprint density at radius 3 is 2.30 bits per heavy atom. The number of hydrogen-bond acceptors (Lipinski definition) is 8. The van der Waals surface area contributed by atoms with E-state index in [1.807, 2.05) is 0 Å². The molecule has 0 radical (unpaired) electrons. The molecule has 9 heteroatoms. The van der Waals surface area contributed by atoms with Gasteiger partial charge in [-0.25, -0.2) is 4.79 Å². The molecule has 1 amide bonds. The Morgan fingerprint density at radius 1 is 1.13 bits per heavy atom. The topological polar surface area (TPSA) is 99.6 Å². The number of anilines is 1. The fourth-order valence-corrected chi connectivity index (χ4v) is 2.43. The van der Waals surface area contributed by atoms with Crippen molar-refractivity contribution < 1.29 is 23.8 Å². The van der Waals surface area contributed by atoms with Gasteiger partial charge in [0.05, 0.1) is 38.3 Å². The van der Waals surface area contributed by atoms with Gasteiger partial charge in [0.1, 0.15) is 4.88 Å². The number of rotatable bonds is 5. The van der Waals surface area contributed by atoms with Crippen molar-refractivity contribution in [3.05, 3.63) is 28.3 Å². The van der Waals surface area contributed by atoms with E-state index < -0.39 is 11.9 Å². The van der Waals surface area contributed by atoms with Gasteiger partial charge in [0.15, 0.2) is 11.5 Å². The minimum atomic E-state index is -0.611. The van der Waals surface area contributed by atoms with Gasteiger partial charge in [0.2, 0.25) is 0 Å². The van der Waals surface area contributed by atoms with E-state index in [0.717, 1.165) is 11.5 Å². The van der Waals surface area contributed by atoms with Crippen LogP contribution in [0.25, 0.3) is 0 Å². The molecule has 2 aromatic rings. The molecule has 0 bridgehead atoms. The molecule has 0 fully saturated rings. The van der Waals surface area contributed by atoms with Gasteiger partial charge in [-0.15, -0.1) is 5.10 Å². The van der Waals surface area contributed by atoms with E-state index >= 15 is 0 Å². The number of carbonyl (C=O) groups is 2. The van der Waals surface area contributed by atoms with Gasteiger partial charge in [-0.05, 0) is 18.5 Å². The van der Waals surface area contributed by atoms with Crippen molar-refractivity contribution in [2.24, 2.45) is 0 Å². The number of nitrogens with zero attached hydrogens (tertiary/aromatic N) is 2. The molecule has 0 saturated heterocycles. The summed E-state index contributed by atoms with van der Waals surface area (Å²) in [5, 5.41) is 6.44. The minimum absolute atomic E-state index is 0.147. The molecular weight excluding hydrogens is 322 g/mol. The Balaban J connectivity index is 2.45. The zero-order chi connectivity index (χ0) is 17.0. The van der Waals surface area contributed by atoms with E-state index in [1.54, 1.807) is 6.92 Å². The monoisotopic (exact) mass is 337 g/mol. The summed E-state index contributed by atoms with van der Waals surface area (Å²) in [6.45, 7) is 1.67. The number of methoxy groups -OCH3 is 3. The lowest BCUT2D eigenvalue weighted by molar-refractivity contribution is 0.0601. The fraction of sp³-hybridized carbons (Fsp3) is 0.286. The van der Waals surface area contributed by atoms with Crippen LogP contribution in [0.3, 0.4) is 0 Å². The summed E-state index contributed by atoms with van der Waals surface area (Å²) in [7, 11) is 4.16. The largest absolute Gasteiger partial charge is 0.493 e. The smallest absolute Gasteiger partial charge is 0.340 e. The third-order valence-electron chi connectivity index (χ3n) is 3.03. The first kappa shape index (κ1) is 16.7. The van der Waals surface area contributed by atoms with Gasteiger partial charge in [0.25, 0.3) is 5.91 Å². The van der Waals surface area contributed by atoms with Crippen LogP contribution < -0.4 is 14.8 Å². The maximum absolute atomic E-state index is 12.3. The minimum Gasteiger partial charge on any atom is -0.493 e. The molecule has 0 atom stereocenters. The van der Waals surface area contributed by atoms with Gasteiger partial charge < -0.3 is 19.5 Å². The van der Waals surface area contributed by atoms with Gasteiger partial charge in [-0.2, -0.15) is 0 Å². The second kappa shape index (κ2) is 7.05. The van der Waals surface area contributed by atoms with Gasteiger partial charge in [0, 0.05) is 12.1 Å². The summed E-state index contributed by atoms with van der Waals surface area (Å²) in [4.78, 5) is 24.6. The maximum Gasteiger partial charge on any atom is 0.340 e. The Morgan fingerprint density at radius 2 is 1.78 bits per heavy atom. The highest BCUT2D eigenvalue weighted by atomic mass is 32.1.